The highest BCUT2D eigenvalue weighted by atomic mass is 35.5. The standard InChI is InChI=1S/C13H16ClN3/c14-13-10-12(17-8-6-16-7-9-17)4-3-11(13)2-1-5-15/h1-5,10,15-16H,6-9H2/b2-1+,15-5?. The van der Waals surface area contributed by atoms with Crippen LogP contribution in [0.1, 0.15) is 5.56 Å². The number of benzene rings is 1. The number of nitrogens with one attached hydrogen (secondary N) is 2. The van der Waals surface area contributed by atoms with Crippen LogP contribution in [0.2, 0.25) is 5.02 Å². The topological polar surface area (TPSA) is 39.1 Å². The van der Waals surface area contributed by atoms with Gasteiger partial charge in [-0.25, -0.2) is 0 Å². The Balaban J connectivity index is 2.17. The van der Waals surface area contributed by atoms with Gasteiger partial charge < -0.3 is 15.6 Å². The minimum absolute atomic E-state index is 0.735. The summed E-state index contributed by atoms with van der Waals surface area (Å²) in [5.74, 6) is 0. The van der Waals surface area contributed by atoms with Crippen molar-refractivity contribution in [2.45, 2.75) is 0 Å². The summed E-state index contributed by atoms with van der Waals surface area (Å²) in [6, 6.07) is 6.08. The third-order valence-electron chi connectivity index (χ3n) is 2.84. The first-order valence-electron chi connectivity index (χ1n) is 5.73. The Morgan fingerprint density at radius 3 is 2.71 bits per heavy atom. The molecule has 0 atom stereocenters. The molecule has 0 aromatic heterocycles. The van der Waals surface area contributed by atoms with Crippen molar-refractivity contribution < 1.29 is 0 Å². The second-order valence-corrected chi connectivity index (χ2v) is 4.38. The molecule has 1 fully saturated rings. The van der Waals surface area contributed by atoms with Crippen molar-refractivity contribution in [3.63, 3.8) is 0 Å². The molecule has 0 spiro atoms. The zero-order valence-electron chi connectivity index (χ0n) is 9.62. The molecule has 17 heavy (non-hydrogen) atoms. The van der Waals surface area contributed by atoms with Crippen LogP contribution in [0.15, 0.2) is 24.3 Å². The Kier molecular flexibility index (Phi) is 4.18. The molecule has 1 aromatic rings. The van der Waals surface area contributed by atoms with E-state index in [-0.39, 0.29) is 0 Å². The first-order chi connectivity index (χ1) is 8.31. The van der Waals surface area contributed by atoms with Gasteiger partial charge in [0.2, 0.25) is 0 Å². The van der Waals surface area contributed by atoms with E-state index in [2.05, 4.69) is 16.3 Å². The molecular weight excluding hydrogens is 234 g/mol. The summed E-state index contributed by atoms with van der Waals surface area (Å²) in [5.41, 5.74) is 2.12. The van der Waals surface area contributed by atoms with E-state index in [0.29, 0.717) is 0 Å². The molecule has 0 amide bonds. The minimum atomic E-state index is 0.735. The first kappa shape index (κ1) is 12.1. The van der Waals surface area contributed by atoms with Gasteiger partial charge in [0.05, 0.1) is 0 Å². The Bertz CT molecular complexity index is 423. The van der Waals surface area contributed by atoms with Crippen molar-refractivity contribution in [3.8, 4) is 0 Å². The van der Waals surface area contributed by atoms with Gasteiger partial charge in [0.1, 0.15) is 0 Å². The van der Waals surface area contributed by atoms with Crippen molar-refractivity contribution >= 4 is 29.6 Å². The molecule has 4 heteroatoms. The fraction of sp³-hybridized carbons (Fsp3) is 0.308. The van der Waals surface area contributed by atoms with E-state index in [1.165, 1.54) is 11.9 Å². The summed E-state index contributed by atoms with van der Waals surface area (Å²) in [4.78, 5) is 2.33. The van der Waals surface area contributed by atoms with Crippen LogP contribution in [-0.4, -0.2) is 32.4 Å². The van der Waals surface area contributed by atoms with Crippen molar-refractivity contribution in [2.24, 2.45) is 0 Å². The molecule has 0 radical (unpaired) electrons. The van der Waals surface area contributed by atoms with Crippen LogP contribution in [-0.2, 0) is 0 Å². The van der Waals surface area contributed by atoms with Gasteiger partial charge in [-0.05, 0) is 23.8 Å². The van der Waals surface area contributed by atoms with E-state index < -0.39 is 0 Å². The van der Waals surface area contributed by atoms with Crippen molar-refractivity contribution in [1.82, 2.24) is 5.32 Å². The monoisotopic (exact) mass is 249 g/mol. The Morgan fingerprint density at radius 2 is 2.06 bits per heavy atom. The van der Waals surface area contributed by atoms with Crippen LogP contribution in [0.5, 0.6) is 0 Å². The lowest BCUT2D eigenvalue weighted by Crippen LogP contribution is -2.43. The maximum atomic E-state index is 6.96. The van der Waals surface area contributed by atoms with Gasteiger partial charge in [-0.1, -0.05) is 23.7 Å². The third-order valence-corrected chi connectivity index (χ3v) is 3.17. The van der Waals surface area contributed by atoms with E-state index >= 15 is 0 Å². The molecule has 1 aromatic carbocycles. The number of hydrogen-bond acceptors (Lipinski definition) is 3. The van der Waals surface area contributed by atoms with Gasteiger partial charge in [-0.2, -0.15) is 0 Å². The molecule has 2 rings (SSSR count). The van der Waals surface area contributed by atoms with Gasteiger partial charge in [0.25, 0.3) is 0 Å². The summed E-state index contributed by atoms with van der Waals surface area (Å²) >= 11 is 6.22. The first-order valence-corrected chi connectivity index (χ1v) is 6.11. The predicted molar refractivity (Wildman–Crippen MR) is 74.4 cm³/mol. The van der Waals surface area contributed by atoms with E-state index in [1.807, 2.05) is 18.2 Å². The Morgan fingerprint density at radius 1 is 1.29 bits per heavy atom. The zero-order valence-corrected chi connectivity index (χ0v) is 10.4. The lowest BCUT2D eigenvalue weighted by atomic mass is 10.1. The molecule has 0 saturated carbocycles. The number of nitrogens with zero attached hydrogens (tertiary/aromatic N) is 1. The van der Waals surface area contributed by atoms with Crippen LogP contribution in [0.4, 0.5) is 5.69 Å². The summed E-state index contributed by atoms with van der Waals surface area (Å²) in [6.07, 6.45) is 4.77. The summed E-state index contributed by atoms with van der Waals surface area (Å²) < 4.78 is 0. The van der Waals surface area contributed by atoms with Gasteiger partial charge in [-0.15, -0.1) is 0 Å². The fourth-order valence-electron chi connectivity index (χ4n) is 1.92. The molecule has 90 valence electrons. The van der Waals surface area contributed by atoms with E-state index in [9.17, 15) is 0 Å². The Hall–Kier alpha value is -1.32. The van der Waals surface area contributed by atoms with Crippen LogP contribution in [0.25, 0.3) is 6.08 Å². The van der Waals surface area contributed by atoms with Crippen molar-refractivity contribution in [2.75, 3.05) is 31.1 Å². The smallest absolute Gasteiger partial charge is 0.0498 e. The quantitative estimate of drug-likeness (QED) is 0.808. The second-order valence-electron chi connectivity index (χ2n) is 3.97. The van der Waals surface area contributed by atoms with Crippen molar-refractivity contribution in [3.05, 3.63) is 34.9 Å². The van der Waals surface area contributed by atoms with Gasteiger partial charge >= 0.3 is 0 Å². The number of allylic oxidation sites excluding steroid dienone is 1. The highest BCUT2D eigenvalue weighted by Gasteiger charge is 2.11. The van der Waals surface area contributed by atoms with Crippen LogP contribution in [0, 0.1) is 5.41 Å². The Labute approximate surface area is 107 Å². The van der Waals surface area contributed by atoms with Gasteiger partial charge in [0, 0.05) is 43.1 Å². The molecule has 1 aliphatic rings. The van der Waals surface area contributed by atoms with Crippen LogP contribution < -0.4 is 10.2 Å². The summed E-state index contributed by atoms with van der Waals surface area (Å²) in [7, 11) is 0. The number of halogens is 1. The molecule has 3 nitrogen and oxygen atoms in total. The molecule has 1 heterocycles. The predicted octanol–water partition coefficient (Wildman–Crippen LogP) is 2.41. The van der Waals surface area contributed by atoms with Gasteiger partial charge in [-0.3, -0.25) is 0 Å². The van der Waals surface area contributed by atoms with Crippen LogP contribution in [0.3, 0.4) is 0 Å². The summed E-state index contributed by atoms with van der Waals surface area (Å²) in [5, 5.41) is 11.0. The number of hydrogen-bond donors (Lipinski definition) is 2. The zero-order chi connectivity index (χ0) is 12.1. The fourth-order valence-corrected chi connectivity index (χ4v) is 2.16. The number of piperazine rings is 1. The molecule has 0 aliphatic carbocycles. The maximum Gasteiger partial charge on any atom is 0.0498 e. The van der Waals surface area contributed by atoms with E-state index in [0.717, 1.165) is 36.8 Å². The minimum Gasteiger partial charge on any atom is -0.369 e. The number of anilines is 1. The normalized spacial score (nSPS) is 16.4. The highest BCUT2D eigenvalue weighted by molar-refractivity contribution is 6.32. The second kappa shape index (κ2) is 5.84. The van der Waals surface area contributed by atoms with E-state index in [4.69, 9.17) is 17.0 Å². The SMILES string of the molecule is N=C/C=C/c1ccc(N2CCNCC2)cc1Cl. The summed E-state index contributed by atoms with van der Waals surface area (Å²) in [6.45, 7) is 4.08. The largest absolute Gasteiger partial charge is 0.369 e. The highest BCUT2D eigenvalue weighted by Crippen LogP contribution is 2.24. The van der Waals surface area contributed by atoms with Crippen molar-refractivity contribution in [1.29, 1.82) is 5.41 Å². The molecule has 0 unspecified atom stereocenters. The molecule has 2 N–H and O–H groups in total. The molecular formula is C13H16ClN3. The van der Waals surface area contributed by atoms with Crippen LogP contribution >= 0.6 is 11.6 Å². The third kappa shape index (κ3) is 3.08. The lowest BCUT2D eigenvalue weighted by molar-refractivity contribution is 0.589. The maximum absolute atomic E-state index is 6.96. The molecule has 0 bridgehead atoms. The average Bonchev–Trinajstić information content (AvgIpc) is 2.38. The number of rotatable bonds is 3. The van der Waals surface area contributed by atoms with E-state index in [1.54, 1.807) is 6.08 Å². The van der Waals surface area contributed by atoms with Gasteiger partial charge in [0.15, 0.2) is 0 Å². The molecule has 1 aliphatic heterocycles. The average molecular weight is 250 g/mol. The molecule has 1 saturated heterocycles. The lowest BCUT2D eigenvalue weighted by Gasteiger charge is -2.29.